The fraction of sp³-hybridized carbons (Fsp3) is 0.258. The summed E-state index contributed by atoms with van der Waals surface area (Å²) in [5.41, 5.74) is 2.58. The molecular weight excluding hydrogens is 492 g/mol. The maximum Gasteiger partial charge on any atom is 0.335 e. The van der Waals surface area contributed by atoms with Crippen LogP contribution in [0.5, 0.6) is 0 Å². The number of carbonyl (C=O) groups is 3. The van der Waals surface area contributed by atoms with E-state index in [0.717, 1.165) is 11.1 Å². The Hall–Kier alpha value is -4.59. The van der Waals surface area contributed by atoms with Crippen molar-refractivity contribution in [3.8, 4) is 0 Å². The van der Waals surface area contributed by atoms with Gasteiger partial charge in [0.1, 0.15) is 0 Å². The summed E-state index contributed by atoms with van der Waals surface area (Å²) in [5, 5.41) is 15.4. The molecule has 202 valence electrons. The summed E-state index contributed by atoms with van der Waals surface area (Å²) in [6, 6.07) is 19.1. The van der Waals surface area contributed by atoms with E-state index in [1.54, 1.807) is 54.9 Å². The van der Waals surface area contributed by atoms with Gasteiger partial charge in [-0.05, 0) is 53.6 Å². The third-order valence-corrected chi connectivity index (χ3v) is 5.53. The van der Waals surface area contributed by atoms with Crippen molar-refractivity contribution in [1.29, 1.82) is 0 Å². The lowest BCUT2D eigenvalue weighted by atomic mass is 9.95. The summed E-state index contributed by atoms with van der Waals surface area (Å²) in [6.07, 6.45) is 3.20. The number of nitrogens with one attached hydrogen (secondary N) is 2. The second-order valence-electron chi connectivity index (χ2n) is 11.2. The SMILES string of the molecule is CC(C)(C)C(=O)Nc1cccc(C=Nc2cc(N=Cc3cccc(NC(=O)C(C)(C)C)c3)cc(C(=O)O)c2)c1. The summed E-state index contributed by atoms with van der Waals surface area (Å²) in [5.74, 6) is -1.30. The fourth-order valence-corrected chi connectivity index (χ4v) is 3.20. The van der Waals surface area contributed by atoms with E-state index in [2.05, 4.69) is 20.6 Å². The van der Waals surface area contributed by atoms with Gasteiger partial charge in [0, 0.05) is 34.6 Å². The number of rotatable bonds is 7. The van der Waals surface area contributed by atoms with Gasteiger partial charge in [0.2, 0.25) is 11.8 Å². The molecule has 0 aliphatic heterocycles. The van der Waals surface area contributed by atoms with Crippen molar-refractivity contribution in [1.82, 2.24) is 0 Å². The van der Waals surface area contributed by atoms with Gasteiger partial charge in [0.05, 0.1) is 16.9 Å². The van der Waals surface area contributed by atoms with Gasteiger partial charge < -0.3 is 15.7 Å². The average molecular weight is 527 g/mol. The molecule has 0 aromatic heterocycles. The van der Waals surface area contributed by atoms with E-state index in [4.69, 9.17) is 0 Å². The van der Waals surface area contributed by atoms with Gasteiger partial charge in [-0.2, -0.15) is 0 Å². The molecule has 3 rings (SSSR count). The number of nitrogens with zero attached hydrogens (tertiary/aromatic N) is 2. The number of carbonyl (C=O) groups excluding carboxylic acids is 2. The van der Waals surface area contributed by atoms with Crippen molar-refractivity contribution in [3.63, 3.8) is 0 Å². The van der Waals surface area contributed by atoms with Crippen LogP contribution in [-0.2, 0) is 9.59 Å². The predicted octanol–water partition coefficient (Wildman–Crippen LogP) is 6.86. The normalized spacial score (nSPS) is 12.1. The minimum absolute atomic E-state index is 0.0502. The first-order valence-corrected chi connectivity index (χ1v) is 12.5. The van der Waals surface area contributed by atoms with Gasteiger partial charge >= 0.3 is 5.97 Å². The molecule has 0 spiro atoms. The van der Waals surface area contributed by atoms with E-state index < -0.39 is 16.8 Å². The van der Waals surface area contributed by atoms with Crippen molar-refractivity contribution < 1.29 is 19.5 Å². The summed E-state index contributed by atoms with van der Waals surface area (Å²) in [7, 11) is 0. The molecule has 0 atom stereocenters. The molecular formula is C31H34N4O4. The van der Waals surface area contributed by atoms with Crippen molar-refractivity contribution in [2.45, 2.75) is 41.5 Å². The van der Waals surface area contributed by atoms with E-state index >= 15 is 0 Å². The minimum atomic E-state index is -1.10. The predicted molar refractivity (Wildman–Crippen MR) is 157 cm³/mol. The molecule has 0 aliphatic rings. The quantitative estimate of drug-likeness (QED) is 0.291. The summed E-state index contributed by atoms with van der Waals surface area (Å²) >= 11 is 0. The third-order valence-electron chi connectivity index (χ3n) is 5.53. The Kier molecular flexibility index (Phi) is 8.81. The topological polar surface area (TPSA) is 120 Å². The maximum atomic E-state index is 12.3. The first kappa shape index (κ1) is 29.0. The number of carboxylic acids is 1. The van der Waals surface area contributed by atoms with Crippen LogP contribution in [0.25, 0.3) is 0 Å². The highest BCUT2D eigenvalue weighted by atomic mass is 16.4. The first-order valence-electron chi connectivity index (χ1n) is 12.5. The van der Waals surface area contributed by atoms with Crippen molar-refractivity contribution >= 4 is 53.0 Å². The lowest BCUT2D eigenvalue weighted by molar-refractivity contribution is -0.123. The molecule has 8 heteroatoms. The van der Waals surface area contributed by atoms with Crippen LogP contribution < -0.4 is 10.6 Å². The number of amides is 2. The molecule has 0 bridgehead atoms. The van der Waals surface area contributed by atoms with Gasteiger partial charge in [0.25, 0.3) is 0 Å². The van der Waals surface area contributed by atoms with Gasteiger partial charge in [-0.1, -0.05) is 65.8 Å². The Balaban J connectivity index is 1.83. The molecule has 2 amide bonds. The first-order chi connectivity index (χ1) is 18.2. The Bertz CT molecular complexity index is 1340. The van der Waals surface area contributed by atoms with Crippen LogP contribution in [0.1, 0.15) is 63.0 Å². The number of benzene rings is 3. The molecule has 0 aliphatic carbocycles. The van der Waals surface area contributed by atoms with Gasteiger partial charge in [0.15, 0.2) is 0 Å². The zero-order chi connectivity index (χ0) is 28.8. The number of carboxylic acid groups (broad SMARTS) is 1. The van der Waals surface area contributed by atoms with Gasteiger partial charge in [-0.3, -0.25) is 19.6 Å². The molecule has 0 heterocycles. The Labute approximate surface area is 228 Å². The standard InChI is InChI=1S/C31H34N4O4/c1-30(2,3)28(38)34-23-11-7-9-20(13-23)18-32-25-15-22(27(36)37)16-26(17-25)33-19-21-10-8-12-24(14-21)35-29(39)31(4,5)6/h7-19H,1-6H3,(H,34,38)(H,35,39)(H,36,37). The second kappa shape index (κ2) is 11.9. The molecule has 0 unspecified atom stereocenters. The Morgan fingerprint density at radius 1 is 0.667 bits per heavy atom. The summed E-state index contributed by atoms with van der Waals surface area (Å²) < 4.78 is 0. The minimum Gasteiger partial charge on any atom is -0.478 e. The van der Waals surface area contributed by atoms with Crippen LogP contribution >= 0.6 is 0 Å². The van der Waals surface area contributed by atoms with E-state index in [-0.39, 0.29) is 17.4 Å². The molecule has 3 aromatic rings. The smallest absolute Gasteiger partial charge is 0.335 e. The Morgan fingerprint density at radius 3 is 1.44 bits per heavy atom. The molecule has 0 radical (unpaired) electrons. The van der Waals surface area contributed by atoms with Crippen molar-refractivity contribution in [2.75, 3.05) is 10.6 Å². The lowest BCUT2D eigenvalue weighted by Crippen LogP contribution is -2.27. The number of aliphatic imine (C=N–C) groups is 2. The third kappa shape index (κ3) is 8.74. The highest BCUT2D eigenvalue weighted by Crippen LogP contribution is 2.25. The fourth-order valence-electron chi connectivity index (χ4n) is 3.20. The largest absolute Gasteiger partial charge is 0.478 e. The van der Waals surface area contributed by atoms with E-state index in [9.17, 15) is 19.5 Å². The highest BCUT2D eigenvalue weighted by molar-refractivity contribution is 5.97. The van der Waals surface area contributed by atoms with E-state index in [1.807, 2.05) is 53.7 Å². The molecule has 39 heavy (non-hydrogen) atoms. The number of aromatic carboxylic acids is 1. The van der Waals surface area contributed by atoms with Crippen molar-refractivity contribution in [3.05, 3.63) is 83.4 Å². The summed E-state index contributed by atoms with van der Waals surface area (Å²) in [4.78, 5) is 45.2. The second-order valence-corrected chi connectivity index (χ2v) is 11.2. The van der Waals surface area contributed by atoms with E-state index in [0.29, 0.717) is 22.7 Å². The van der Waals surface area contributed by atoms with Crippen LogP contribution in [0.2, 0.25) is 0 Å². The van der Waals surface area contributed by atoms with E-state index in [1.165, 1.54) is 12.1 Å². The number of hydrogen-bond acceptors (Lipinski definition) is 5. The van der Waals surface area contributed by atoms with Crippen LogP contribution in [-0.4, -0.2) is 35.3 Å². The maximum absolute atomic E-state index is 12.3. The van der Waals surface area contributed by atoms with Crippen LogP contribution in [0, 0.1) is 10.8 Å². The zero-order valence-corrected chi connectivity index (χ0v) is 23.1. The molecule has 3 aromatic carbocycles. The lowest BCUT2D eigenvalue weighted by Gasteiger charge is -2.17. The van der Waals surface area contributed by atoms with Crippen LogP contribution in [0.4, 0.5) is 22.7 Å². The molecule has 0 fully saturated rings. The molecule has 0 saturated heterocycles. The number of anilines is 2. The van der Waals surface area contributed by atoms with Gasteiger partial charge in [-0.15, -0.1) is 0 Å². The van der Waals surface area contributed by atoms with Crippen LogP contribution in [0.3, 0.4) is 0 Å². The van der Waals surface area contributed by atoms with Crippen LogP contribution in [0.15, 0.2) is 76.7 Å². The zero-order valence-electron chi connectivity index (χ0n) is 23.1. The monoisotopic (exact) mass is 526 g/mol. The summed E-state index contributed by atoms with van der Waals surface area (Å²) in [6.45, 7) is 11.0. The van der Waals surface area contributed by atoms with Gasteiger partial charge in [-0.25, -0.2) is 4.79 Å². The Morgan fingerprint density at radius 2 is 1.08 bits per heavy atom. The molecule has 3 N–H and O–H groups in total. The highest BCUT2D eigenvalue weighted by Gasteiger charge is 2.22. The average Bonchev–Trinajstić information content (AvgIpc) is 2.85. The molecule has 8 nitrogen and oxygen atoms in total. The number of hydrogen-bond donors (Lipinski definition) is 3. The molecule has 0 saturated carbocycles. The van der Waals surface area contributed by atoms with Crippen molar-refractivity contribution in [2.24, 2.45) is 20.8 Å².